The predicted molar refractivity (Wildman–Crippen MR) is 160 cm³/mol. The second-order valence-corrected chi connectivity index (χ2v) is 10.5. The molecule has 4 rings (SSSR count). The number of carbonyl (C=O) groups is 2. The van der Waals surface area contributed by atoms with Crippen LogP contribution in [0.25, 0.3) is 0 Å². The molecule has 0 saturated heterocycles. The summed E-state index contributed by atoms with van der Waals surface area (Å²) in [6.07, 6.45) is 0. The van der Waals surface area contributed by atoms with E-state index in [0.29, 0.717) is 17.1 Å². The van der Waals surface area contributed by atoms with Crippen LogP contribution >= 0.6 is 55.1 Å². The third-order valence-corrected chi connectivity index (χ3v) is 7.05. The Morgan fingerprint density at radius 1 is 0.707 bits per heavy atom. The van der Waals surface area contributed by atoms with E-state index in [0.717, 1.165) is 6.07 Å². The predicted octanol–water partition coefficient (Wildman–Crippen LogP) is 7.68. The van der Waals surface area contributed by atoms with E-state index in [2.05, 4.69) is 42.5 Å². The SMILES string of the molecule is COc1ccc(NC(=O)c2c(O)c(Cl)cc(Cl)c2O)cc1.O=C(Nc1ccc(F)cc1)c1c(O)c(Br)cc(Br)c1O. The number of rotatable bonds is 5. The molecule has 0 fully saturated rings. The van der Waals surface area contributed by atoms with Crippen LogP contribution in [-0.4, -0.2) is 39.4 Å². The molecule has 0 heterocycles. The van der Waals surface area contributed by atoms with Gasteiger partial charge >= 0.3 is 0 Å². The van der Waals surface area contributed by atoms with Gasteiger partial charge in [-0.1, -0.05) is 23.2 Å². The second kappa shape index (κ2) is 13.8. The van der Waals surface area contributed by atoms with Gasteiger partial charge in [-0.2, -0.15) is 0 Å². The van der Waals surface area contributed by atoms with Crippen molar-refractivity contribution in [2.45, 2.75) is 0 Å². The average Bonchev–Trinajstić information content (AvgIpc) is 2.93. The Labute approximate surface area is 259 Å². The number of nitrogens with one attached hydrogen (secondary N) is 2. The van der Waals surface area contributed by atoms with Crippen LogP contribution in [-0.2, 0) is 0 Å². The highest BCUT2D eigenvalue weighted by molar-refractivity contribution is 9.11. The van der Waals surface area contributed by atoms with Crippen LogP contribution < -0.4 is 15.4 Å². The van der Waals surface area contributed by atoms with Crippen molar-refractivity contribution in [3.63, 3.8) is 0 Å². The van der Waals surface area contributed by atoms with Crippen molar-refractivity contribution in [2.75, 3.05) is 17.7 Å². The summed E-state index contributed by atoms with van der Waals surface area (Å²) in [7, 11) is 1.53. The topological polar surface area (TPSA) is 148 Å². The Morgan fingerprint density at radius 3 is 1.51 bits per heavy atom. The number of amides is 2. The zero-order valence-electron chi connectivity index (χ0n) is 20.7. The zero-order chi connectivity index (χ0) is 30.4. The number of anilines is 2. The van der Waals surface area contributed by atoms with Gasteiger partial charge in [0, 0.05) is 11.4 Å². The van der Waals surface area contributed by atoms with Gasteiger partial charge in [0.1, 0.15) is 34.2 Å². The maximum Gasteiger partial charge on any atom is 0.263 e. The molecule has 0 saturated carbocycles. The summed E-state index contributed by atoms with van der Waals surface area (Å²) in [6.45, 7) is 0. The number of carbonyl (C=O) groups excluding carboxylic acids is 2. The molecule has 214 valence electrons. The van der Waals surface area contributed by atoms with Gasteiger partial charge in [-0.3, -0.25) is 9.59 Å². The van der Waals surface area contributed by atoms with Crippen LogP contribution in [0, 0.1) is 5.82 Å². The minimum absolute atomic E-state index is 0.127. The van der Waals surface area contributed by atoms with Gasteiger partial charge in [-0.05, 0) is 92.5 Å². The fourth-order valence-electron chi connectivity index (χ4n) is 3.22. The molecule has 6 N–H and O–H groups in total. The second-order valence-electron chi connectivity index (χ2n) is 7.97. The van der Waals surface area contributed by atoms with E-state index in [9.17, 15) is 34.4 Å². The maximum absolute atomic E-state index is 12.8. The van der Waals surface area contributed by atoms with E-state index in [1.807, 2.05) is 0 Å². The molecular weight excluding hydrogens is 714 g/mol. The molecule has 4 aromatic carbocycles. The Bertz CT molecular complexity index is 1550. The third-order valence-electron chi connectivity index (χ3n) is 5.26. The Hall–Kier alpha value is -3.71. The number of hydrogen-bond donors (Lipinski definition) is 6. The molecule has 0 radical (unpaired) electrons. The van der Waals surface area contributed by atoms with E-state index >= 15 is 0 Å². The van der Waals surface area contributed by atoms with E-state index in [1.54, 1.807) is 24.3 Å². The number of halogens is 5. The van der Waals surface area contributed by atoms with Gasteiger partial charge in [-0.15, -0.1) is 0 Å². The molecule has 0 aliphatic heterocycles. The summed E-state index contributed by atoms with van der Waals surface area (Å²) in [5.74, 6) is -3.10. The molecular formula is C27H19Br2Cl2FN2O7. The first kappa shape index (κ1) is 31.8. The molecule has 0 unspecified atom stereocenters. The van der Waals surface area contributed by atoms with Crippen LogP contribution in [0.2, 0.25) is 10.0 Å². The molecule has 0 aliphatic rings. The van der Waals surface area contributed by atoms with Gasteiger partial charge < -0.3 is 35.8 Å². The number of aromatic hydroxyl groups is 4. The molecule has 0 aliphatic carbocycles. The van der Waals surface area contributed by atoms with Crippen LogP contribution in [0.5, 0.6) is 28.7 Å². The lowest BCUT2D eigenvalue weighted by Gasteiger charge is -2.11. The van der Waals surface area contributed by atoms with E-state index in [1.165, 1.54) is 37.4 Å². The van der Waals surface area contributed by atoms with Crippen molar-refractivity contribution in [3.8, 4) is 28.7 Å². The van der Waals surface area contributed by atoms with Gasteiger partial charge in [0.05, 0.1) is 26.1 Å². The summed E-state index contributed by atoms with van der Waals surface area (Å²) in [4.78, 5) is 24.2. The van der Waals surface area contributed by atoms with Gasteiger partial charge in [0.25, 0.3) is 11.8 Å². The molecule has 0 aromatic heterocycles. The zero-order valence-corrected chi connectivity index (χ0v) is 25.4. The van der Waals surface area contributed by atoms with Crippen LogP contribution in [0.4, 0.5) is 15.8 Å². The number of ether oxygens (including phenoxy) is 1. The first-order valence-corrected chi connectivity index (χ1v) is 13.5. The van der Waals surface area contributed by atoms with E-state index in [4.69, 9.17) is 27.9 Å². The van der Waals surface area contributed by atoms with Crippen molar-refractivity contribution in [1.82, 2.24) is 0 Å². The van der Waals surface area contributed by atoms with Crippen molar-refractivity contribution in [1.29, 1.82) is 0 Å². The Morgan fingerprint density at radius 2 is 1.10 bits per heavy atom. The Kier molecular flexibility index (Phi) is 10.7. The minimum atomic E-state index is -0.737. The lowest BCUT2D eigenvalue weighted by Crippen LogP contribution is -2.12. The summed E-state index contributed by atoms with van der Waals surface area (Å²) in [5.41, 5.74) is 0.126. The molecule has 4 aromatic rings. The van der Waals surface area contributed by atoms with Crippen LogP contribution in [0.1, 0.15) is 20.7 Å². The number of methoxy groups -OCH3 is 1. The first-order valence-electron chi connectivity index (χ1n) is 11.2. The Balaban J connectivity index is 0.000000226. The largest absolute Gasteiger partial charge is 0.506 e. The highest BCUT2D eigenvalue weighted by Crippen LogP contribution is 2.41. The monoisotopic (exact) mass is 730 g/mol. The molecule has 0 atom stereocenters. The summed E-state index contributed by atoms with van der Waals surface area (Å²) >= 11 is 17.6. The standard InChI is InChI=1S/C14H11Cl2NO4.C13H8Br2FNO3/c1-21-8-4-2-7(3-5-8)17-14(20)11-12(18)9(15)6-10(16)13(11)19;14-8-5-9(15)12(19)10(11(8)18)13(20)17-7-3-1-6(16)2-4-7/h2-6,18-19H,1H3,(H,17,20);1-5,18-19H,(H,17,20). The normalized spacial score (nSPS) is 10.3. The average molecular weight is 733 g/mol. The van der Waals surface area contributed by atoms with Crippen molar-refractivity contribution >= 4 is 78.3 Å². The van der Waals surface area contributed by atoms with Crippen LogP contribution in [0.3, 0.4) is 0 Å². The highest BCUT2D eigenvalue weighted by atomic mass is 79.9. The van der Waals surface area contributed by atoms with Crippen molar-refractivity contribution in [2.24, 2.45) is 0 Å². The maximum atomic E-state index is 12.8. The number of hydrogen-bond acceptors (Lipinski definition) is 7. The quantitative estimate of drug-likeness (QED) is 0.123. The number of benzene rings is 4. The summed E-state index contributed by atoms with van der Waals surface area (Å²) in [6, 6.07) is 14.2. The minimum Gasteiger partial charge on any atom is -0.506 e. The molecule has 2 amide bonds. The number of phenolic OH excluding ortho intramolecular Hbond substituents is 4. The summed E-state index contributed by atoms with van der Waals surface area (Å²) < 4.78 is 18.3. The fraction of sp³-hybridized carbons (Fsp3) is 0.0370. The lowest BCUT2D eigenvalue weighted by molar-refractivity contribution is 0.101. The molecule has 9 nitrogen and oxygen atoms in total. The molecule has 0 spiro atoms. The van der Waals surface area contributed by atoms with Gasteiger partial charge in [0.2, 0.25) is 0 Å². The van der Waals surface area contributed by atoms with E-state index < -0.39 is 29.1 Å². The molecule has 41 heavy (non-hydrogen) atoms. The van der Waals surface area contributed by atoms with Crippen molar-refractivity contribution in [3.05, 3.63) is 96.6 Å². The first-order chi connectivity index (χ1) is 19.3. The molecule has 14 heteroatoms. The fourth-order valence-corrected chi connectivity index (χ4v) is 4.85. The number of phenols is 4. The highest BCUT2D eigenvalue weighted by Gasteiger charge is 2.23. The third kappa shape index (κ3) is 7.73. The smallest absolute Gasteiger partial charge is 0.263 e. The van der Waals surface area contributed by atoms with Crippen LogP contribution in [0.15, 0.2) is 69.6 Å². The van der Waals surface area contributed by atoms with Gasteiger partial charge in [-0.25, -0.2) is 4.39 Å². The van der Waals surface area contributed by atoms with Crippen molar-refractivity contribution < 1.29 is 39.1 Å². The van der Waals surface area contributed by atoms with E-state index in [-0.39, 0.29) is 41.6 Å². The lowest BCUT2D eigenvalue weighted by atomic mass is 10.1. The summed E-state index contributed by atoms with van der Waals surface area (Å²) in [5, 5.41) is 44.0. The van der Waals surface area contributed by atoms with Gasteiger partial charge in [0.15, 0.2) is 11.5 Å². The molecule has 0 bridgehead atoms.